The number of nitrogens with one attached hydrogen (secondary N) is 2. The maximum absolute atomic E-state index is 5.93. The number of para-hydroxylation sites is 1. The first-order valence-electron chi connectivity index (χ1n) is 5.69. The van der Waals surface area contributed by atoms with E-state index >= 15 is 0 Å². The van der Waals surface area contributed by atoms with Crippen molar-refractivity contribution in [2.45, 2.75) is 18.4 Å². The predicted molar refractivity (Wildman–Crippen MR) is 71.7 cm³/mol. The van der Waals surface area contributed by atoms with Crippen LogP contribution in [0.5, 0.6) is 0 Å². The number of benzene rings is 1. The van der Waals surface area contributed by atoms with Gasteiger partial charge in [-0.25, -0.2) is 0 Å². The summed E-state index contributed by atoms with van der Waals surface area (Å²) < 4.78 is 1.10. The molecule has 0 bridgehead atoms. The van der Waals surface area contributed by atoms with E-state index in [4.69, 9.17) is 5.73 Å². The molecule has 0 spiro atoms. The van der Waals surface area contributed by atoms with Gasteiger partial charge in [-0.2, -0.15) is 0 Å². The summed E-state index contributed by atoms with van der Waals surface area (Å²) in [6.45, 7) is 2.75. The van der Waals surface area contributed by atoms with Gasteiger partial charge in [0.1, 0.15) is 0 Å². The molecule has 0 aliphatic carbocycles. The largest absolute Gasteiger partial charge is 0.377 e. The van der Waals surface area contributed by atoms with E-state index in [1.165, 1.54) is 0 Å². The van der Waals surface area contributed by atoms with Crippen molar-refractivity contribution in [1.82, 2.24) is 5.32 Å². The monoisotopic (exact) mass is 283 g/mol. The third-order valence-electron chi connectivity index (χ3n) is 3.23. The normalized spacial score (nSPS) is 19.4. The van der Waals surface area contributed by atoms with E-state index in [2.05, 4.69) is 32.6 Å². The van der Waals surface area contributed by atoms with Crippen LogP contribution in [0.15, 0.2) is 28.7 Å². The lowest BCUT2D eigenvalue weighted by Crippen LogP contribution is -2.52. The minimum atomic E-state index is 0.0507. The second-order valence-electron chi connectivity index (χ2n) is 4.34. The number of halogens is 1. The van der Waals surface area contributed by atoms with E-state index in [9.17, 15) is 0 Å². The molecule has 4 heteroatoms. The van der Waals surface area contributed by atoms with Gasteiger partial charge < -0.3 is 16.4 Å². The Kier molecular flexibility index (Phi) is 3.84. The molecule has 16 heavy (non-hydrogen) atoms. The van der Waals surface area contributed by atoms with Crippen LogP contribution in [-0.2, 0) is 0 Å². The highest BCUT2D eigenvalue weighted by molar-refractivity contribution is 9.10. The lowest BCUT2D eigenvalue weighted by Gasteiger charge is -2.38. The number of hydrogen-bond acceptors (Lipinski definition) is 3. The number of nitrogens with two attached hydrogens (primary N) is 1. The van der Waals surface area contributed by atoms with E-state index in [1.54, 1.807) is 0 Å². The summed E-state index contributed by atoms with van der Waals surface area (Å²) in [5.41, 5.74) is 7.12. The van der Waals surface area contributed by atoms with Crippen LogP contribution in [0.3, 0.4) is 0 Å². The van der Waals surface area contributed by atoms with Crippen LogP contribution in [0.1, 0.15) is 12.8 Å². The third-order valence-corrected chi connectivity index (χ3v) is 3.92. The molecular formula is C12H18BrN3. The molecule has 1 aliphatic heterocycles. The molecule has 2 rings (SSSR count). The van der Waals surface area contributed by atoms with Gasteiger partial charge in [0.25, 0.3) is 0 Å². The first-order valence-corrected chi connectivity index (χ1v) is 6.49. The average molecular weight is 284 g/mol. The lowest BCUT2D eigenvalue weighted by atomic mass is 9.88. The topological polar surface area (TPSA) is 50.1 Å². The quantitative estimate of drug-likeness (QED) is 0.795. The number of piperidine rings is 1. The summed E-state index contributed by atoms with van der Waals surface area (Å²) >= 11 is 3.56. The molecule has 0 aromatic heterocycles. The maximum atomic E-state index is 5.93. The van der Waals surface area contributed by atoms with Gasteiger partial charge in [0.05, 0.1) is 5.54 Å². The Bertz CT molecular complexity index is 348. The van der Waals surface area contributed by atoms with Crippen molar-refractivity contribution in [3.05, 3.63) is 28.7 Å². The molecule has 0 amide bonds. The van der Waals surface area contributed by atoms with Crippen LogP contribution in [0.4, 0.5) is 5.69 Å². The highest BCUT2D eigenvalue weighted by Gasteiger charge is 2.30. The van der Waals surface area contributed by atoms with E-state index in [0.29, 0.717) is 6.54 Å². The van der Waals surface area contributed by atoms with Gasteiger partial charge in [-0.3, -0.25) is 0 Å². The van der Waals surface area contributed by atoms with Crippen molar-refractivity contribution in [3.63, 3.8) is 0 Å². The third kappa shape index (κ3) is 2.56. The van der Waals surface area contributed by atoms with Crippen LogP contribution < -0.4 is 16.4 Å². The van der Waals surface area contributed by atoms with Gasteiger partial charge in [0.15, 0.2) is 0 Å². The number of anilines is 1. The fourth-order valence-corrected chi connectivity index (χ4v) is 2.52. The SMILES string of the molecule is NCC1(Nc2ccccc2Br)CCNCC1. The first kappa shape index (κ1) is 11.9. The fourth-order valence-electron chi connectivity index (χ4n) is 2.13. The molecule has 0 atom stereocenters. The summed E-state index contributed by atoms with van der Waals surface area (Å²) in [7, 11) is 0. The van der Waals surface area contributed by atoms with Crippen molar-refractivity contribution in [2.24, 2.45) is 5.73 Å². The minimum Gasteiger partial charge on any atom is -0.377 e. The summed E-state index contributed by atoms with van der Waals surface area (Å²) in [5, 5.41) is 6.97. The molecule has 1 aromatic carbocycles. The summed E-state index contributed by atoms with van der Waals surface area (Å²) in [6.07, 6.45) is 2.15. The zero-order valence-corrected chi connectivity index (χ0v) is 10.9. The van der Waals surface area contributed by atoms with Crippen LogP contribution in [-0.4, -0.2) is 25.2 Å². The molecule has 1 aliphatic rings. The molecule has 4 N–H and O–H groups in total. The Morgan fingerprint density at radius 3 is 2.62 bits per heavy atom. The van der Waals surface area contributed by atoms with Gasteiger partial charge in [-0.15, -0.1) is 0 Å². The maximum Gasteiger partial charge on any atom is 0.0520 e. The average Bonchev–Trinajstić information content (AvgIpc) is 2.33. The van der Waals surface area contributed by atoms with Gasteiger partial charge in [0.2, 0.25) is 0 Å². The second-order valence-corrected chi connectivity index (χ2v) is 5.19. The van der Waals surface area contributed by atoms with Crippen molar-refractivity contribution in [1.29, 1.82) is 0 Å². The molecular weight excluding hydrogens is 266 g/mol. The zero-order valence-electron chi connectivity index (χ0n) is 9.30. The van der Waals surface area contributed by atoms with Crippen molar-refractivity contribution >= 4 is 21.6 Å². The molecule has 0 unspecified atom stereocenters. The Hall–Kier alpha value is -0.580. The van der Waals surface area contributed by atoms with Crippen molar-refractivity contribution in [2.75, 3.05) is 25.0 Å². The molecule has 1 fully saturated rings. The standard InChI is InChI=1S/C12H18BrN3/c13-10-3-1-2-4-11(10)16-12(9-14)5-7-15-8-6-12/h1-4,15-16H,5-9,14H2. The van der Waals surface area contributed by atoms with Crippen LogP contribution in [0, 0.1) is 0 Å². The number of hydrogen-bond donors (Lipinski definition) is 3. The molecule has 1 heterocycles. The van der Waals surface area contributed by atoms with Crippen LogP contribution >= 0.6 is 15.9 Å². The fraction of sp³-hybridized carbons (Fsp3) is 0.500. The highest BCUT2D eigenvalue weighted by atomic mass is 79.9. The summed E-state index contributed by atoms with van der Waals surface area (Å²) in [6, 6.07) is 8.20. The van der Waals surface area contributed by atoms with Gasteiger partial charge >= 0.3 is 0 Å². The summed E-state index contributed by atoms with van der Waals surface area (Å²) in [4.78, 5) is 0. The molecule has 1 aromatic rings. The van der Waals surface area contributed by atoms with Crippen LogP contribution in [0.2, 0.25) is 0 Å². The van der Waals surface area contributed by atoms with Crippen LogP contribution in [0.25, 0.3) is 0 Å². The first-order chi connectivity index (χ1) is 7.76. The Morgan fingerprint density at radius 1 is 1.31 bits per heavy atom. The Morgan fingerprint density at radius 2 is 2.00 bits per heavy atom. The molecule has 0 radical (unpaired) electrons. The molecule has 0 saturated carbocycles. The lowest BCUT2D eigenvalue weighted by molar-refractivity contribution is 0.346. The zero-order chi connectivity index (χ0) is 11.4. The highest BCUT2D eigenvalue weighted by Crippen LogP contribution is 2.28. The van der Waals surface area contributed by atoms with E-state index < -0.39 is 0 Å². The van der Waals surface area contributed by atoms with E-state index in [0.717, 1.165) is 36.1 Å². The molecule has 1 saturated heterocycles. The van der Waals surface area contributed by atoms with E-state index in [-0.39, 0.29) is 5.54 Å². The minimum absolute atomic E-state index is 0.0507. The van der Waals surface area contributed by atoms with Crippen molar-refractivity contribution in [3.8, 4) is 0 Å². The summed E-state index contributed by atoms with van der Waals surface area (Å²) in [5.74, 6) is 0. The predicted octanol–water partition coefficient (Wildman–Crippen LogP) is 1.94. The molecule has 88 valence electrons. The van der Waals surface area contributed by atoms with Gasteiger partial charge in [-0.05, 0) is 54.0 Å². The van der Waals surface area contributed by atoms with Gasteiger partial charge in [0, 0.05) is 16.7 Å². The Labute approximate surface area is 105 Å². The smallest absolute Gasteiger partial charge is 0.0520 e. The molecule has 3 nitrogen and oxygen atoms in total. The number of rotatable bonds is 3. The second kappa shape index (κ2) is 5.17. The Balaban J connectivity index is 2.15. The van der Waals surface area contributed by atoms with Crippen molar-refractivity contribution < 1.29 is 0 Å². The van der Waals surface area contributed by atoms with Gasteiger partial charge in [-0.1, -0.05) is 12.1 Å². The van der Waals surface area contributed by atoms with E-state index in [1.807, 2.05) is 18.2 Å².